The Morgan fingerprint density at radius 2 is 1.68 bits per heavy atom. The van der Waals surface area contributed by atoms with Gasteiger partial charge in [-0.3, -0.25) is 14.3 Å². The molecule has 1 N–H and O–H groups in total. The second kappa shape index (κ2) is 9.38. The van der Waals surface area contributed by atoms with E-state index in [1.54, 1.807) is 44.3 Å². The Morgan fingerprint density at radius 1 is 1.09 bits per heavy atom. The number of carbonyl (C=O) groups excluding carboxylic acids is 2. The summed E-state index contributed by atoms with van der Waals surface area (Å²) in [5.74, 6) is -1.59. The highest BCUT2D eigenvalue weighted by atomic mass is 32.2. The minimum absolute atomic E-state index is 0.0271. The van der Waals surface area contributed by atoms with Gasteiger partial charge in [0.1, 0.15) is 11.5 Å². The fourth-order valence-corrected chi connectivity index (χ4v) is 4.77. The monoisotopic (exact) mass is 487 g/mol. The average Bonchev–Trinajstić information content (AvgIpc) is 3.20. The Hall–Kier alpha value is -3.53. The van der Waals surface area contributed by atoms with Crippen LogP contribution >= 0.6 is 0 Å². The fourth-order valence-electron chi connectivity index (χ4n) is 3.38. The summed E-state index contributed by atoms with van der Waals surface area (Å²) < 4.78 is 43.2. The summed E-state index contributed by atoms with van der Waals surface area (Å²) in [6.07, 6.45) is 0. The van der Waals surface area contributed by atoms with Gasteiger partial charge >= 0.3 is 5.97 Å². The number of sulfone groups is 1. The second-order valence-corrected chi connectivity index (χ2v) is 10.8. The number of carbonyl (C=O) groups is 2. The smallest absolute Gasteiger partial charge is 0.327 e. The van der Waals surface area contributed by atoms with E-state index in [0.29, 0.717) is 22.5 Å². The largest absolute Gasteiger partial charge is 0.468 e. The van der Waals surface area contributed by atoms with Gasteiger partial charge in [-0.25, -0.2) is 12.8 Å². The topological polar surface area (TPSA) is 107 Å². The first-order valence-electron chi connectivity index (χ1n) is 10.4. The number of benzene rings is 2. The quantitative estimate of drug-likeness (QED) is 0.512. The molecule has 1 aromatic heterocycles. The number of aromatic nitrogens is 2. The van der Waals surface area contributed by atoms with Crippen molar-refractivity contribution in [1.29, 1.82) is 0 Å². The Morgan fingerprint density at radius 3 is 2.24 bits per heavy atom. The lowest BCUT2D eigenvalue weighted by Gasteiger charge is -2.22. The van der Waals surface area contributed by atoms with E-state index in [4.69, 9.17) is 0 Å². The Labute approximate surface area is 197 Å². The molecule has 180 valence electrons. The van der Waals surface area contributed by atoms with E-state index in [-0.39, 0.29) is 16.6 Å². The molecule has 1 atom stereocenters. The van der Waals surface area contributed by atoms with Crippen LogP contribution in [0.3, 0.4) is 0 Å². The predicted octanol–water partition coefficient (Wildman–Crippen LogP) is 3.44. The van der Waals surface area contributed by atoms with Crippen LogP contribution in [-0.2, 0) is 26.4 Å². The van der Waals surface area contributed by atoms with Gasteiger partial charge < -0.3 is 10.1 Å². The van der Waals surface area contributed by atoms with Crippen molar-refractivity contribution in [1.82, 2.24) is 15.1 Å². The molecule has 0 aliphatic carbocycles. The van der Waals surface area contributed by atoms with Crippen LogP contribution in [0.2, 0.25) is 0 Å². The van der Waals surface area contributed by atoms with Gasteiger partial charge in [-0.15, -0.1) is 0 Å². The molecule has 0 saturated carbocycles. The van der Waals surface area contributed by atoms with Gasteiger partial charge in [-0.05, 0) is 68.8 Å². The molecule has 0 aliphatic rings. The van der Waals surface area contributed by atoms with E-state index in [1.807, 2.05) is 0 Å². The molecule has 1 heterocycles. The number of nitrogens with zero attached hydrogens (tertiary/aromatic N) is 2. The SMILES string of the molecule is COC(=O)C(C)(C)S(=O)(=O)c1ccc([C@@H](C)NC(=O)c2cc(-c3ccc(F)cc3)nn2C)cc1. The molecule has 3 aromatic rings. The first-order chi connectivity index (χ1) is 15.9. The molecular weight excluding hydrogens is 461 g/mol. The third-order valence-corrected chi connectivity index (χ3v) is 8.04. The molecular formula is C24H26FN3O5S. The van der Waals surface area contributed by atoms with Crippen molar-refractivity contribution in [2.45, 2.75) is 36.5 Å². The third-order valence-electron chi connectivity index (χ3n) is 5.64. The molecule has 0 saturated heterocycles. The van der Waals surface area contributed by atoms with Crippen molar-refractivity contribution in [3.8, 4) is 11.3 Å². The van der Waals surface area contributed by atoms with Crippen molar-refractivity contribution in [3.05, 3.63) is 71.7 Å². The number of esters is 1. The van der Waals surface area contributed by atoms with Crippen molar-refractivity contribution >= 4 is 21.7 Å². The molecule has 10 heteroatoms. The zero-order chi connectivity index (χ0) is 25.3. The maximum atomic E-state index is 13.2. The van der Waals surface area contributed by atoms with Gasteiger partial charge in [0.05, 0.1) is 23.7 Å². The van der Waals surface area contributed by atoms with Crippen LogP contribution < -0.4 is 5.32 Å². The summed E-state index contributed by atoms with van der Waals surface area (Å²) in [6.45, 7) is 4.34. The third kappa shape index (κ3) is 4.72. The highest BCUT2D eigenvalue weighted by molar-refractivity contribution is 7.93. The second-order valence-electron chi connectivity index (χ2n) is 8.31. The molecule has 3 rings (SSSR count). The standard InChI is InChI=1S/C24H26FN3O5S/c1-15(16-8-12-19(13-9-16)34(31,32)24(2,3)23(30)33-5)26-22(29)21-14-20(27-28(21)4)17-6-10-18(25)11-7-17/h6-15H,1-5H3,(H,26,29)/t15-/m1/s1. The Balaban J connectivity index is 1.76. The van der Waals surface area contributed by atoms with Crippen LogP contribution in [-0.4, -0.2) is 41.9 Å². The van der Waals surface area contributed by atoms with Crippen LogP contribution in [0.25, 0.3) is 11.3 Å². The van der Waals surface area contributed by atoms with Gasteiger partial charge in [0.15, 0.2) is 14.6 Å². The van der Waals surface area contributed by atoms with Crippen LogP contribution in [0.1, 0.15) is 42.9 Å². The van der Waals surface area contributed by atoms with Gasteiger partial charge in [0.25, 0.3) is 5.91 Å². The van der Waals surface area contributed by atoms with Crippen LogP contribution in [0.4, 0.5) is 4.39 Å². The number of amides is 1. The number of nitrogens with one attached hydrogen (secondary N) is 1. The molecule has 0 unspecified atom stereocenters. The first-order valence-corrected chi connectivity index (χ1v) is 11.9. The maximum Gasteiger partial charge on any atom is 0.327 e. The van der Waals surface area contributed by atoms with E-state index < -0.39 is 26.6 Å². The molecule has 2 aromatic carbocycles. The normalized spacial score (nSPS) is 12.8. The molecule has 0 aliphatic heterocycles. The van der Waals surface area contributed by atoms with Crippen molar-refractivity contribution in [3.63, 3.8) is 0 Å². The minimum Gasteiger partial charge on any atom is -0.468 e. The van der Waals surface area contributed by atoms with Gasteiger partial charge in [-0.1, -0.05) is 12.1 Å². The van der Waals surface area contributed by atoms with E-state index >= 15 is 0 Å². The number of ether oxygens (including phenoxy) is 1. The zero-order valence-electron chi connectivity index (χ0n) is 19.5. The van der Waals surface area contributed by atoms with E-state index in [0.717, 1.165) is 7.11 Å². The molecule has 0 spiro atoms. The van der Waals surface area contributed by atoms with Crippen molar-refractivity contribution in [2.24, 2.45) is 7.05 Å². The number of aryl methyl sites for hydroxylation is 1. The predicted molar refractivity (Wildman–Crippen MR) is 124 cm³/mol. The number of halogens is 1. The summed E-state index contributed by atoms with van der Waals surface area (Å²) in [4.78, 5) is 24.8. The van der Waals surface area contributed by atoms with Gasteiger partial charge in [0, 0.05) is 12.6 Å². The van der Waals surface area contributed by atoms with Crippen LogP contribution in [0, 0.1) is 5.82 Å². The fraction of sp³-hybridized carbons (Fsp3) is 0.292. The van der Waals surface area contributed by atoms with Crippen molar-refractivity contribution in [2.75, 3.05) is 7.11 Å². The van der Waals surface area contributed by atoms with Crippen LogP contribution in [0.5, 0.6) is 0 Å². The van der Waals surface area contributed by atoms with Crippen LogP contribution in [0.15, 0.2) is 59.5 Å². The number of hydrogen-bond donors (Lipinski definition) is 1. The van der Waals surface area contributed by atoms with Gasteiger partial charge in [0.2, 0.25) is 0 Å². The Kier molecular flexibility index (Phi) is 6.92. The molecule has 1 amide bonds. The zero-order valence-corrected chi connectivity index (χ0v) is 20.3. The lowest BCUT2D eigenvalue weighted by atomic mass is 10.1. The molecule has 0 fully saturated rings. The number of rotatable bonds is 7. The molecule has 8 nitrogen and oxygen atoms in total. The summed E-state index contributed by atoms with van der Waals surface area (Å²) in [5.41, 5.74) is 2.19. The van der Waals surface area contributed by atoms with E-state index in [1.165, 1.54) is 42.8 Å². The highest BCUT2D eigenvalue weighted by Crippen LogP contribution is 2.28. The highest BCUT2D eigenvalue weighted by Gasteiger charge is 2.43. The maximum absolute atomic E-state index is 13.2. The van der Waals surface area contributed by atoms with Crippen molar-refractivity contribution < 1.29 is 27.1 Å². The van der Waals surface area contributed by atoms with E-state index in [2.05, 4.69) is 15.2 Å². The lowest BCUT2D eigenvalue weighted by molar-refractivity contribution is -0.142. The summed E-state index contributed by atoms with van der Waals surface area (Å²) in [5, 5.41) is 7.18. The molecule has 0 bridgehead atoms. The first kappa shape index (κ1) is 25.1. The Bertz CT molecular complexity index is 1310. The van der Waals surface area contributed by atoms with Gasteiger partial charge in [-0.2, -0.15) is 5.10 Å². The summed E-state index contributed by atoms with van der Waals surface area (Å²) in [7, 11) is -1.22. The molecule has 34 heavy (non-hydrogen) atoms. The number of hydrogen-bond acceptors (Lipinski definition) is 6. The number of methoxy groups -OCH3 is 1. The molecule has 0 radical (unpaired) electrons. The average molecular weight is 488 g/mol. The minimum atomic E-state index is -3.99. The summed E-state index contributed by atoms with van der Waals surface area (Å²) in [6, 6.07) is 12.9. The summed E-state index contributed by atoms with van der Waals surface area (Å²) >= 11 is 0. The lowest BCUT2D eigenvalue weighted by Crippen LogP contribution is -2.41. The van der Waals surface area contributed by atoms with E-state index in [9.17, 15) is 22.4 Å².